The van der Waals surface area contributed by atoms with Crippen molar-refractivity contribution in [3.63, 3.8) is 0 Å². The fourth-order valence-electron chi connectivity index (χ4n) is 4.27. The molecular weight excluding hydrogens is 336 g/mol. The van der Waals surface area contributed by atoms with Crippen molar-refractivity contribution in [2.45, 2.75) is 25.9 Å². The van der Waals surface area contributed by atoms with E-state index in [1.807, 2.05) is 61.5 Å². The Morgan fingerprint density at radius 1 is 1.11 bits per heavy atom. The molecular formula is C23H26N2O2. The number of fused-ring (bicyclic) bond motifs is 1. The van der Waals surface area contributed by atoms with Crippen molar-refractivity contribution in [3.05, 3.63) is 71.4 Å². The van der Waals surface area contributed by atoms with Crippen molar-refractivity contribution in [1.29, 1.82) is 0 Å². The molecule has 0 saturated carbocycles. The summed E-state index contributed by atoms with van der Waals surface area (Å²) in [7, 11) is 0. The number of piperidine rings is 1. The van der Waals surface area contributed by atoms with Gasteiger partial charge >= 0.3 is 0 Å². The van der Waals surface area contributed by atoms with Crippen LogP contribution >= 0.6 is 0 Å². The third kappa shape index (κ3) is 3.68. The number of aryl methyl sites for hydroxylation is 1. The van der Waals surface area contributed by atoms with Gasteiger partial charge in [-0.1, -0.05) is 48.5 Å². The minimum Gasteiger partial charge on any atom is -0.388 e. The Balaban J connectivity index is 1.39. The lowest BCUT2D eigenvalue weighted by Gasteiger charge is -2.34. The molecule has 0 bridgehead atoms. The van der Waals surface area contributed by atoms with Crippen LogP contribution in [-0.2, 0) is 0 Å². The summed E-state index contributed by atoms with van der Waals surface area (Å²) >= 11 is 0. The predicted molar refractivity (Wildman–Crippen MR) is 108 cm³/mol. The van der Waals surface area contributed by atoms with Gasteiger partial charge in [-0.3, -0.25) is 9.69 Å². The average molecular weight is 362 g/mol. The Labute approximate surface area is 159 Å². The smallest absolute Gasteiger partial charge is 0.179 e. The van der Waals surface area contributed by atoms with Crippen LogP contribution in [0.2, 0.25) is 0 Å². The molecule has 4 heteroatoms. The molecule has 0 amide bonds. The molecule has 0 aliphatic carbocycles. The van der Waals surface area contributed by atoms with Crippen LogP contribution in [0.1, 0.15) is 40.6 Å². The highest BCUT2D eigenvalue weighted by atomic mass is 16.3. The van der Waals surface area contributed by atoms with Gasteiger partial charge in [-0.2, -0.15) is 0 Å². The van der Waals surface area contributed by atoms with Gasteiger partial charge in [0.05, 0.1) is 12.6 Å². The summed E-state index contributed by atoms with van der Waals surface area (Å²) in [5.74, 6) is 0.431. The minimum absolute atomic E-state index is 0.173. The molecule has 140 valence electrons. The summed E-state index contributed by atoms with van der Waals surface area (Å²) in [6.45, 7) is 4.11. The molecule has 27 heavy (non-hydrogen) atoms. The molecule has 0 spiro atoms. The SMILES string of the molecule is Cc1[nH]c2ccccc2c1C(=O)CN1CCC(C(O)c2ccccc2)CC1. The quantitative estimate of drug-likeness (QED) is 0.672. The van der Waals surface area contributed by atoms with Gasteiger partial charge in [0.1, 0.15) is 0 Å². The van der Waals surface area contributed by atoms with Crippen LogP contribution in [0.25, 0.3) is 10.9 Å². The minimum atomic E-state index is -0.417. The summed E-state index contributed by atoms with van der Waals surface area (Å²) in [4.78, 5) is 18.5. The Kier molecular flexibility index (Phi) is 5.10. The van der Waals surface area contributed by atoms with E-state index < -0.39 is 6.10 Å². The zero-order valence-corrected chi connectivity index (χ0v) is 15.7. The zero-order valence-electron chi connectivity index (χ0n) is 15.7. The molecule has 4 nitrogen and oxygen atoms in total. The monoisotopic (exact) mass is 362 g/mol. The van der Waals surface area contributed by atoms with Gasteiger partial charge < -0.3 is 10.1 Å². The first kappa shape index (κ1) is 18.0. The molecule has 1 atom stereocenters. The zero-order chi connectivity index (χ0) is 18.8. The molecule has 0 radical (unpaired) electrons. The van der Waals surface area contributed by atoms with Gasteiger partial charge in [-0.15, -0.1) is 0 Å². The maximum absolute atomic E-state index is 12.9. The summed E-state index contributed by atoms with van der Waals surface area (Å²) in [5.41, 5.74) is 3.76. The third-order valence-corrected chi connectivity index (χ3v) is 5.76. The number of rotatable bonds is 5. The van der Waals surface area contributed by atoms with Gasteiger partial charge in [0.25, 0.3) is 0 Å². The molecule has 1 aromatic heterocycles. The number of nitrogens with one attached hydrogen (secondary N) is 1. The highest BCUT2D eigenvalue weighted by Gasteiger charge is 2.27. The topological polar surface area (TPSA) is 56.3 Å². The maximum Gasteiger partial charge on any atom is 0.179 e. The molecule has 2 aromatic carbocycles. The Morgan fingerprint density at radius 2 is 1.78 bits per heavy atom. The molecule has 1 aliphatic heterocycles. The molecule has 1 unspecified atom stereocenters. The van der Waals surface area contributed by atoms with E-state index in [0.29, 0.717) is 6.54 Å². The number of aliphatic hydroxyl groups excluding tert-OH is 1. The molecule has 1 aliphatic rings. The number of aromatic amines is 1. The molecule has 2 heterocycles. The van der Waals surface area contributed by atoms with Gasteiger partial charge in [0, 0.05) is 22.2 Å². The normalized spacial score (nSPS) is 17.3. The van der Waals surface area contributed by atoms with Crippen LogP contribution in [0.3, 0.4) is 0 Å². The van der Waals surface area contributed by atoms with Crippen molar-refractivity contribution < 1.29 is 9.90 Å². The van der Waals surface area contributed by atoms with Crippen LogP contribution < -0.4 is 0 Å². The van der Waals surface area contributed by atoms with Gasteiger partial charge in [0.2, 0.25) is 0 Å². The van der Waals surface area contributed by atoms with Crippen molar-refractivity contribution in [3.8, 4) is 0 Å². The van der Waals surface area contributed by atoms with E-state index in [-0.39, 0.29) is 11.7 Å². The van der Waals surface area contributed by atoms with E-state index in [1.54, 1.807) is 0 Å². The lowest BCUT2D eigenvalue weighted by atomic mass is 9.87. The van der Waals surface area contributed by atoms with Gasteiger partial charge in [-0.05, 0) is 50.4 Å². The average Bonchev–Trinajstić information content (AvgIpc) is 3.04. The van der Waals surface area contributed by atoms with Crippen molar-refractivity contribution >= 4 is 16.7 Å². The number of H-pyrrole nitrogens is 1. The molecule has 4 rings (SSSR count). The standard InChI is InChI=1S/C23H26N2O2/c1-16-22(19-9-5-6-10-20(19)24-16)21(26)15-25-13-11-18(12-14-25)23(27)17-7-3-2-4-8-17/h2-10,18,23-24,27H,11-15H2,1H3. The van der Waals surface area contributed by atoms with Crippen LogP contribution in [-0.4, -0.2) is 40.4 Å². The summed E-state index contributed by atoms with van der Waals surface area (Å²) in [5, 5.41) is 11.6. The molecule has 1 saturated heterocycles. The summed E-state index contributed by atoms with van der Waals surface area (Å²) in [6, 6.07) is 17.9. The number of hydrogen-bond acceptors (Lipinski definition) is 3. The number of nitrogens with zero attached hydrogens (tertiary/aromatic N) is 1. The Morgan fingerprint density at radius 3 is 2.52 bits per heavy atom. The van der Waals surface area contributed by atoms with E-state index in [2.05, 4.69) is 9.88 Å². The number of Topliss-reactive ketones (excluding diaryl/α,β-unsaturated/α-hetero) is 1. The first-order valence-corrected chi connectivity index (χ1v) is 9.69. The Bertz CT molecular complexity index is 924. The van der Waals surface area contributed by atoms with Crippen molar-refractivity contribution in [1.82, 2.24) is 9.88 Å². The van der Waals surface area contributed by atoms with E-state index in [0.717, 1.165) is 53.7 Å². The van der Waals surface area contributed by atoms with Gasteiger partial charge in [0.15, 0.2) is 5.78 Å². The number of likely N-dealkylation sites (tertiary alicyclic amines) is 1. The van der Waals surface area contributed by atoms with E-state index in [1.165, 1.54) is 0 Å². The maximum atomic E-state index is 12.9. The first-order valence-electron chi connectivity index (χ1n) is 9.69. The number of carbonyl (C=O) groups is 1. The number of aliphatic hydroxyl groups is 1. The van der Waals surface area contributed by atoms with E-state index in [4.69, 9.17) is 0 Å². The van der Waals surface area contributed by atoms with E-state index in [9.17, 15) is 9.90 Å². The lowest BCUT2D eigenvalue weighted by molar-refractivity contribution is 0.0563. The van der Waals surface area contributed by atoms with Crippen LogP contribution in [0.15, 0.2) is 54.6 Å². The number of aromatic nitrogens is 1. The van der Waals surface area contributed by atoms with Crippen molar-refractivity contribution in [2.75, 3.05) is 19.6 Å². The number of para-hydroxylation sites is 1. The highest BCUT2D eigenvalue weighted by Crippen LogP contribution is 2.31. The Hall–Kier alpha value is -2.43. The second-order valence-corrected chi connectivity index (χ2v) is 7.56. The molecule has 1 fully saturated rings. The first-order chi connectivity index (χ1) is 13.1. The van der Waals surface area contributed by atoms with E-state index >= 15 is 0 Å². The predicted octanol–water partition coefficient (Wildman–Crippen LogP) is 4.10. The summed E-state index contributed by atoms with van der Waals surface area (Å²) in [6.07, 6.45) is 1.41. The highest BCUT2D eigenvalue weighted by molar-refractivity contribution is 6.10. The molecule has 2 N–H and O–H groups in total. The fourth-order valence-corrected chi connectivity index (χ4v) is 4.27. The number of ketones is 1. The number of benzene rings is 2. The van der Waals surface area contributed by atoms with Crippen LogP contribution in [0.5, 0.6) is 0 Å². The molecule has 3 aromatic rings. The second kappa shape index (κ2) is 7.67. The van der Waals surface area contributed by atoms with Crippen LogP contribution in [0, 0.1) is 12.8 Å². The van der Waals surface area contributed by atoms with Gasteiger partial charge in [-0.25, -0.2) is 0 Å². The van der Waals surface area contributed by atoms with Crippen molar-refractivity contribution in [2.24, 2.45) is 5.92 Å². The number of carbonyl (C=O) groups excluding carboxylic acids is 1. The summed E-state index contributed by atoms with van der Waals surface area (Å²) < 4.78 is 0. The number of hydrogen-bond donors (Lipinski definition) is 2. The largest absolute Gasteiger partial charge is 0.388 e. The second-order valence-electron chi connectivity index (χ2n) is 7.56. The lowest BCUT2D eigenvalue weighted by Crippen LogP contribution is -2.38. The fraction of sp³-hybridized carbons (Fsp3) is 0.348. The third-order valence-electron chi connectivity index (χ3n) is 5.76. The van der Waals surface area contributed by atoms with Crippen LogP contribution in [0.4, 0.5) is 0 Å².